The van der Waals surface area contributed by atoms with Gasteiger partial charge in [-0.25, -0.2) is 4.79 Å². The third-order valence-electron chi connectivity index (χ3n) is 2.48. The molecule has 7 heteroatoms. The van der Waals surface area contributed by atoms with Crippen molar-refractivity contribution in [3.63, 3.8) is 0 Å². The lowest BCUT2D eigenvalue weighted by Gasteiger charge is -2.14. The maximum atomic E-state index is 11.5. The number of nitrogens with one attached hydrogen (secondary N) is 2. The summed E-state index contributed by atoms with van der Waals surface area (Å²) in [5, 5.41) is 13.7. The maximum Gasteiger partial charge on any atom is 0.326 e. The van der Waals surface area contributed by atoms with Crippen LogP contribution in [0.4, 0.5) is 0 Å². The van der Waals surface area contributed by atoms with Gasteiger partial charge in [0.25, 0.3) is 0 Å². The quantitative estimate of drug-likeness (QED) is 0.625. The van der Waals surface area contributed by atoms with Crippen LogP contribution in [-0.4, -0.2) is 41.4 Å². The van der Waals surface area contributed by atoms with Crippen LogP contribution in [0.2, 0.25) is 0 Å². The normalized spacial score (nSPS) is 11.4. The number of hydrogen-bond donors (Lipinski definition) is 3. The van der Waals surface area contributed by atoms with Crippen LogP contribution < -0.4 is 10.6 Å². The highest BCUT2D eigenvalue weighted by Gasteiger charge is 2.20. The second-order valence-electron chi connectivity index (χ2n) is 4.06. The molecule has 6 nitrogen and oxygen atoms in total. The summed E-state index contributed by atoms with van der Waals surface area (Å²) in [7, 11) is 0. The lowest BCUT2D eigenvalue weighted by Crippen LogP contribution is -2.46. The van der Waals surface area contributed by atoms with Gasteiger partial charge in [0, 0.05) is 6.42 Å². The van der Waals surface area contributed by atoms with Crippen LogP contribution in [-0.2, 0) is 20.8 Å². The summed E-state index contributed by atoms with van der Waals surface area (Å²) in [6, 6.07) is 7.90. The van der Waals surface area contributed by atoms with Crippen LogP contribution in [0.15, 0.2) is 30.3 Å². The summed E-state index contributed by atoms with van der Waals surface area (Å²) < 4.78 is 0. The molecule has 1 aromatic rings. The molecule has 0 bridgehead atoms. The van der Waals surface area contributed by atoms with Crippen LogP contribution in [0.1, 0.15) is 5.56 Å². The monoisotopic (exact) mass is 298 g/mol. The molecule has 0 aliphatic rings. The van der Waals surface area contributed by atoms with Gasteiger partial charge in [-0.2, -0.15) is 0 Å². The standard InChI is InChI=1S/C13H15ClN2O4/c14-7-11(17)15-8-12(18)16-10(13(19)20)6-9-4-2-1-3-5-9/h1-5,10H,6-8H2,(H,15,17)(H,16,18)(H,19,20)/t10-/m1/s1. The number of benzene rings is 1. The second-order valence-corrected chi connectivity index (χ2v) is 4.33. The van der Waals surface area contributed by atoms with Gasteiger partial charge in [-0.1, -0.05) is 30.3 Å². The number of hydrogen-bond acceptors (Lipinski definition) is 3. The van der Waals surface area contributed by atoms with Crippen molar-refractivity contribution in [1.82, 2.24) is 10.6 Å². The minimum atomic E-state index is -1.13. The van der Waals surface area contributed by atoms with Crippen molar-refractivity contribution in [3.8, 4) is 0 Å². The van der Waals surface area contributed by atoms with Crippen molar-refractivity contribution in [3.05, 3.63) is 35.9 Å². The van der Waals surface area contributed by atoms with Gasteiger partial charge >= 0.3 is 5.97 Å². The zero-order valence-corrected chi connectivity index (χ0v) is 11.4. The van der Waals surface area contributed by atoms with Crippen LogP contribution in [0.3, 0.4) is 0 Å². The van der Waals surface area contributed by atoms with Crippen molar-refractivity contribution < 1.29 is 19.5 Å². The van der Waals surface area contributed by atoms with Crippen molar-refractivity contribution >= 4 is 29.4 Å². The molecule has 0 saturated heterocycles. The molecule has 0 heterocycles. The van der Waals surface area contributed by atoms with Crippen molar-refractivity contribution in [1.29, 1.82) is 0 Å². The molecule has 20 heavy (non-hydrogen) atoms. The number of aliphatic carboxylic acids is 1. The highest BCUT2D eigenvalue weighted by atomic mass is 35.5. The van der Waals surface area contributed by atoms with E-state index in [1.807, 2.05) is 6.07 Å². The first-order chi connectivity index (χ1) is 9.52. The lowest BCUT2D eigenvalue weighted by molar-refractivity contribution is -0.141. The predicted octanol–water partition coefficient (Wildman–Crippen LogP) is 0.153. The SMILES string of the molecule is O=C(CCl)NCC(=O)N[C@H](Cc1ccccc1)C(=O)O. The van der Waals surface area contributed by atoms with E-state index in [0.717, 1.165) is 5.56 Å². The van der Waals surface area contributed by atoms with Crippen LogP contribution in [0.25, 0.3) is 0 Å². The molecule has 0 saturated carbocycles. The van der Waals surface area contributed by atoms with Gasteiger partial charge in [0.2, 0.25) is 11.8 Å². The van der Waals surface area contributed by atoms with Gasteiger partial charge in [-0.05, 0) is 5.56 Å². The number of carboxylic acids is 1. The number of carboxylic acid groups (broad SMARTS) is 1. The topological polar surface area (TPSA) is 95.5 Å². The molecule has 0 aliphatic carbocycles. The first-order valence-corrected chi connectivity index (χ1v) is 6.45. The summed E-state index contributed by atoms with van der Waals surface area (Å²) in [5.74, 6) is -2.45. The third kappa shape index (κ3) is 5.71. The van der Waals surface area contributed by atoms with Gasteiger partial charge in [-0.3, -0.25) is 9.59 Å². The van der Waals surface area contributed by atoms with Crippen molar-refractivity contribution in [2.24, 2.45) is 0 Å². The first-order valence-electron chi connectivity index (χ1n) is 5.91. The minimum Gasteiger partial charge on any atom is -0.480 e. The van der Waals surface area contributed by atoms with Crippen molar-refractivity contribution in [2.75, 3.05) is 12.4 Å². The molecule has 0 unspecified atom stereocenters. The second kappa shape index (κ2) is 8.16. The molecule has 2 amide bonds. The molecule has 0 aliphatic heterocycles. The van der Waals surface area contributed by atoms with Crippen LogP contribution >= 0.6 is 11.6 Å². The maximum absolute atomic E-state index is 11.5. The molecule has 1 aromatic carbocycles. The lowest BCUT2D eigenvalue weighted by atomic mass is 10.1. The summed E-state index contributed by atoms with van der Waals surface area (Å²) in [6.07, 6.45) is 0.172. The summed E-state index contributed by atoms with van der Waals surface area (Å²) in [4.78, 5) is 33.5. The van der Waals surface area contributed by atoms with Crippen LogP contribution in [0, 0.1) is 0 Å². The van der Waals surface area contributed by atoms with E-state index in [1.54, 1.807) is 24.3 Å². The molecule has 108 valence electrons. The Morgan fingerprint density at radius 1 is 1.15 bits per heavy atom. The number of halogens is 1. The van der Waals surface area contributed by atoms with E-state index in [0.29, 0.717) is 0 Å². The largest absolute Gasteiger partial charge is 0.480 e. The zero-order valence-electron chi connectivity index (χ0n) is 10.6. The van der Waals surface area contributed by atoms with Gasteiger partial charge in [-0.15, -0.1) is 11.6 Å². The molecule has 0 aromatic heterocycles. The van der Waals surface area contributed by atoms with Gasteiger partial charge in [0.15, 0.2) is 0 Å². The Hall–Kier alpha value is -2.08. The third-order valence-corrected chi connectivity index (χ3v) is 2.73. The first kappa shape index (κ1) is 16.0. The average Bonchev–Trinajstić information content (AvgIpc) is 2.45. The predicted molar refractivity (Wildman–Crippen MR) is 73.4 cm³/mol. The Balaban J connectivity index is 2.53. The molecule has 1 rings (SSSR count). The van der Waals surface area contributed by atoms with Gasteiger partial charge < -0.3 is 15.7 Å². The van der Waals surface area contributed by atoms with E-state index in [9.17, 15) is 14.4 Å². The Morgan fingerprint density at radius 2 is 1.80 bits per heavy atom. The van der Waals surface area contributed by atoms with E-state index in [-0.39, 0.29) is 18.8 Å². The van der Waals surface area contributed by atoms with Crippen LogP contribution in [0.5, 0.6) is 0 Å². The fraction of sp³-hybridized carbons (Fsp3) is 0.308. The number of rotatable bonds is 7. The molecular weight excluding hydrogens is 284 g/mol. The fourth-order valence-electron chi connectivity index (χ4n) is 1.52. The Bertz CT molecular complexity index is 479. The Labute approximate surface area is 121 Å². The summed E-state index contributed by atoms with van der Waals surface area (Å²) in [5.41, 5.74) is 0.796. The fourth-order valence-corrected chi connectivity index (χ4v) is 1.62. The molecular formula is C13H15ClN2O4. The molecule has 0 spiro atoms. The Morgan fingerprint density at radius 3 is 2.35 bits per heavy atom. The van der Waals surface area contributed by atoms with E-state index in [1.165, 1.54) is 0 Å². The highest BCUT2D eigenvalue weighted by molar-refractivity contribution is 6.27. The number of carbonyl (C=O) groups excluding carboxylic acids is 2. The molecule has 0 radical (unpaired) electrons. The highest BCUT2D eigenvalue weighted by Crippen LogP contribution is 2.03. The summed E-state index contributed by atoms with van der Waals surface area (Å²) >= 11 is 5.26. The van der Waals surface area contributed by atoms with E-state index < -0.39 is 23.8 Å². The zero-order chi connectivity index (χ0) is 15.0. The van der Waals surface area contributed by atoms with Gasteiger partial charge in [0.1, 0.15) is 11.9 Å². The minimum absolute atomic E-state index is 0.172. The molecule has 1 atom stereocenters. The van der Waals surface area contributed by atoms with E-state index in [4.69, 9.17) is 16.7 Å². The van der Waals surface area contributed by atoms with Gasteiger partial charge in [0.05, 0.1) is 6.54 Å². The van der Waals surface area contributed by atoms with E-state index >= 15 is 0 Å². The molecule has 0 fully saturated rings. The van der Waals surface area contributed by atoms with E-state index in [2.05, 4.69) is 10.6 Å². The smallest absolute Gasteiger partial charge is 0.326 e. The number of amides is 2. The number of carbonyl (C=O) groups is 3. The molecule has 3 N–H and O–H groups in total. The number of alkyl halides is 1. The Kier molecular flexibility index (Phi) is 6.52. The van der Waals surface area contributed by atoms with Crippen molar-refractivity contribution in [2.45, 2.75) is 12.5 Å². The average molecular weight is 299 g/mol. The summed E-state index contributed by atoms with van der Waals surface area (Å²) in [6.45, 7) is -0.301.